The number of carbonyl (C=O) groups is 1. The molecule has 3 rings (SSSR count). The first-order valence-electron chi connectivity index (χ1n) is 29.0. The fourth-order valence-electron chi connectivity index (χ4n) is 9.43. The Morgan fingerprint density at radius 3 is 1.40 bits per heavy atom. The lowest BCUT2D eigenvalue weighted by Gasteiger charge is -2.48. The third kappa shape index (κ3) is 25.9. The van der Waals surface area contributed by atoms with Gasteiger partial charge >= 0.3 is 0 Å². The van der Waals surface area contributed by atoms with Crippen LogP contribution in [0.25, 0.3) is 0 Å². The predicted octanol–water partition coefficient (Wildman–Crippen LogP) is 4.48. The van der Waals surface area contributed by atoms with Gasteiger partial charge in [-0.2, -0.15) is 0 Å². The highest BCUT2D eigenvalue weighted by atomic mass is 16.8. The van der Waals surface area contributed by atoms with Gasteiger partial charge in [0.15, 0.2) is 18.9 Å². The van der Waals surface area contributed by atoms with Crippen LogP contribution in [0.3, 0.4) is 0 Å². The van der Waals surface area contributed by atoms with Crippen LogP contribution in [0.15, 0.2) is 60.8 Å². The van der Waals surface area contributed by atoms with E-state index in [9.17, 15) is 61.0 Å². The summed E-state index contributed by atoms with van der Waals surface area (Å²) in [6.45, 7) is 1.62. The Morgan fingerprint density at radius 2 is 0.870 bits per heavy atom. The molecular weight excluding hydrogens is 999 g/mol. The van der Waals surface area contributed by atoms with Crippen molar-refractivity contribution in [2.75, 3.05) is 26.4 Å². The Hall–Kier alpha value is -2.51. The highest BCUT2D eigenvalue weighted by Crippen LogP contribution is 2.33. The number of hydrogen-bond donors (Lipinski definition) is 12. The molecule has 0 aromatic rings. The van der Waals surface area contributed by atoms with Crippen LogP contribution in [0.2, 0.25) is 0 Å². The van der Waals surface area contributed by atoms with Crippen molar-refractivity contribution in [2.45, 2.75) is 272 Å². The molecule has 0 aromatic carbocycles. The molecule has 0 bridgehead atoms. The number of allylic oxidation sites excluding steroid dienone is 9. The molecule has 446 valence electrons. The fourth-order valence-corrected chi connectivity index (χ4v) is 9.43. The number of ether oxygens (including phenoxy) is 6. The van der Waals surface area contributed by atoms with Crippen LogP contribution in [0, 0.1) is 0 Å². The molecule has 3 aliphatic heterocycles. The zero-order valence-corrected chi connectivity index (χ0v) is 46.2. The molecule has 19 nitrogen and oxygen atoms in total. The molecule has 1 amide bonds. The zero-order chi connectivity index (χ0) is 56.2. The molecule has 0 radical (unpaired) electrons. The monoisotopic (exact) mass is 1100 g/mol. The standard InChI is InChI=1S/C58H101NO18/c1-3-5-7-9-11-13-15-17-19-20-22-23-25-27-29-31-33-35-42(63)41(59-46(64)36-34-32-30-28-26-24-21-18-16-14-12-10-8-6-4-2)40-72-56-52(70)49(67)54(44(38-61)74-56)77-58-53(71)50(68)55(45(39-62)75-58)76-57-51(69)48(66)47(65)43(37-60)73-57/h12,14,18-21,25,27,33,35,41-45,47-58,60-63,65-71H,3-11,13,15-17,22-24,26,28-32,34,36-40H2,1-2H3,(H,59,64)/b14-12-,20-19+,21-18-,27-25+,35-33+. The second kappa shape index (κ2) is 41.5. The topological polar surface area (TPSA) is 307 Å². The molecule has 17 atom stereocenters. The van der Waals surface area contributed by atoms with Crippen molar-refractivity contribution in [3.63, 3.8) is 0 Å². The van der Waals surface area contributed by atoms with Crippen LogP contribution >= 0.6 is 0 Å². The highest BCUT2D eigenvalue weighted by molar-refractivity contribution is 5.76. The third-order valence-electron chi connectivity index (χ3n) is 14.3. The number of hydrogen-bond acceptors (Lipinski definition) is 18. The van der Waals surface area contributed by atoms with Gasteiger partial charge in [0, 0.05) is 6.42 Å². The fraction of sp³-hybridized carbons (Fsp3) is 0.810. The summed E-state index contributed by atoms with van der Waals surface area (Å²) in [4.78, 5) is 13.3. The number of rotatable bonds is 41. The van der Waals surface area contributed by atoms with E-state index in [0.717, 1.165) is 70.6 Å². The molecule has 3 heterocycles. The number of amides is 1. The molecule has 3 aliphatic rings. The summed E-state index contributed by atoms with van der Waals surface area (Å²) in [7, 11) is 0. The van der Waals surface area contributed by atoms with Gasteiger partial charge in [-0.1, -0.05) is 145 Å². The van der Waals surface area contributed by atoms with Crippen molar-refractivity contribution in [2.24, 2.45) is 0 Å². The summed E-state index contributed by atoms with van der Waals surface area (Å²) in [5.74, 6) is -0.307. The van der Waals surface area contributed by atoms with Crippen molar-refractivity contribution in [1.29, 1.82) is 0 Å². The molecule has 77 heavy (non-hydrogen) atoms. The van der Waals surface area contributed by atoms with Gasteiger partial charge in [-0.25, -0.2) is 0 Å². The minimum absolute atomic E-state index is 0.213. The Morgan fingerprint density at radius 1 is 0.468 bits per heavy atom. The van der Waals surface area contributed by atoms with E-state index in [1.54, 1.807) is 6.08 Å². The van der Waals surface area contributed by atoms with Crippen molar-refractivity contribution in [1.82, 2.24) is 5.32 Å². The Bertz CT molecular complexity index is 1650. The summed E-state index contributed by atoms with van der Waals surface area (Å²) in [6.07, 6.45) is 19.2. The van der Waals surface area contributed by atoms with Crippen molar-refractivity contribution in [3.8, 4) is 0 Å². The van der Waals surface area contributed by atoms with E-state index in [4.69, 9.17) is 28.4 Å². The second-order valence-corrected chi connectivity index (χ2v) is 20.7. The van der Waals surface area contributed by atoms with Crippen LogP contribution in [-0.4, -0.2) is 193 Å². The highest BCUT2D eigenvalue weighted by Gasteiger charge is 2.53. The average Bonchev–Trinajstić information content (AvgIpc) is 3.43. The minimum Gasteiger partial charge on any atom is -0.394 e. The van der Waals surface area contributed by atoms with Crippen LogP contribution in [0.5, 0.6) is 0 Å². The molecule has 19 heteroatoms. The van der Waals surface area contributed by atoms with E-state index < -0.39 is 124 Å². The molecule has 12 N–H and O–H groups in total. The molecule has 0 aliphatic carbocycles. The van der Waals surface area contributed by atoms with Gasteiger partial charge in [0.25, 0.3) is 0 Å². The molecule has 0 spiro atoms. The van der Waals surface area contributed by atoms with Gasteiger partial charge in [0.1, 0.15) is 73.2 Å². The Kier molecular flexibility index (Phi) is 37.0. The molecule has 0 saturated carbocycles. The van der Waals surface area contributed by atoms with Crippen LogP contribution in [0.1, 0.15) is 168 Å². The van der Waals surface area contributed by atoms with E-state index in [1.807, 2.05) is 6.08 Å². The van der Waals surface area contributed by atoms with Gasteiger partial charge in [0.05, 0.1) is 38.6 Å². The number of unbranched alkanes of at least 4 members (excludes halogenated alkanes) is 17. The lowest BCUT2D eigenvalue weighted by molar-refractivity contribution is -0.379. The van der Waals surface area contributed by atoms with Gasteiger partial charge in [-0.3, -0.25) is 4.79 Å². The number of nitrogens with one attached hydrogen (secondary N) is 1. The normalized spacial score (nSPS) is 31.2. The summed E-state index contributed by atoms with van der Waals surface area (Å²) in [6, 6.07) is -1.00. The first-order valence-corrected chi connectivity index (χ1v) is 29.0. The van der Waals surface area contributed by atoms with Gasteiger partial charge in [-0.05, 0) is 77.0 Å². The predicted molar refractivity (Wildman–Crippen MR) is 291 cm³/mol. The summed E-state index contributed by atoms with van der Waals surface area (Å²) in [5, 5.41) is 120. The maximum atomic E-state index is 13.3. The maximum absolute atomic E-state index is 13.3. The molecule has 0 aromatic heterocycles. The van der Waals surface area contributed by atoms with Crippen LogP contribution < -0.4 is 5.32 Å². The molecule has 3 saturated heterocycles. The minimum atomic E-state index is -1.98. The van der Waals surface area contributed by atoms with E-state index in [1.165, 1.54) is 64.2 Å². The smallest absolute Gasteiger partial charge is 0.220 e. The third-order valence-corrected chi connectivity index (χ3v) is 14.3. The van der Waals surface area contributed by atoms with E-state index in [2.05, 4.69) is 67.8 Å². The van der Waals surface area contributed by atoms with Gasteiger partial charge in [-0.15, -0.1) is 0 Å². The molecular formula is C58H101NO18. The number of carbonyl (C=O) groups excluding carboxylic acids is 1. The Labute approximate surface area is 458 Å². The summed E-state index contributed by atoms with van der Waals surface area (Å²) in [5.41, 5.74) is 0. The first kappa shape index (κ1) is 68.8. The van der Waals surface area contributed by atoms with Gasteiger partial charge < -0.3 is 89.9 Å². The quantitative estimate of drug-likeness (QED) is 0.0297. The SMILES string of the molecule is CCCCC/C=C\C/C=C\CCCCCCCC(=O)NC(COC1OC(CO)C(OC2OC(CO)C(OC3OC(CO)C(O)C(O)C3O)C(O)C2O)C(O)C1O)C(O)/C=C/CC/C=C/CC/C=C/CCCCCCCCC. The summed E-state index contributed by atoms with van der Waals surface area (Å²) < 4.78 is 34.2. The molecule has 17 unspecified atom stereocenters. The molecule has 3 fully saturated rings. The van der Waals surface area contributed by atoms with E-state index in [0.29, 0.717) is 12.8 Å². The lowest BCUT2D eigenvalue weighted by atomic mass is 9.96. The first-order chi connectivity index (χ1) is 37.3. The van der Waals surface area contributed by atoms with Gasteiger partial charge in [0.2, 0.25) is 5.91 Å². The second-order valence-electron chi connectivity index (χ2n) is 20.7. The Balaban J connectivity index is 1.55. The zero-order valence-electron chi connectivity index (χ0n) is 46.2. The van der Waals surface area contributed by atoms with Crippen molar-refractivity contribution < 1.29 is 89.4 Å². The van der Waals surface area contributed by atoms with E-state index in [-0.39, 0.29) is 18.9 Å². The number of aliphatic hydroxyl groups is 11. The lowest BCUT2D eigenvalue weighted by Crippen LogP contribution is -2.66. The largest absolute Gasteiger partial charge is 0.394 e. The van der Waals surface area contributed by atoms with Crippen molar-refractivity contribution >= 4 is 5.91 Å². The summed E-state index contributed by atoms with van der Waals surface area (Å²) >= 11 is 0. The average molecular weight is 1100 g/mol. The number of aliphatic hydroxyl groups excluding tert-OH is 11. The van der Waals surface area contributed by atoms with E-state index >= 15 is 0 Å². The van der Waals surface area contributed by atoms with Crippen LogP contribution in [0.4, 0.5) is 0 Å². The van der Waals surface area contributed by atoms with Crippen molar-refractivity contribution in [3.05, 3.63) is 60.8 Å². The maximum Gasteiger partial charge on any atom is 0.220 e. The van der Waals surface area contributed by atoms with Crippen LogP contribution in [-0.2, 0) is 33.2 Å².